The van der Waals surface area contributed by atoms with E-state index >= 15 is 0 Å². The minimum Gasteiger partial charge on any atom is -0.305 e. The molecule has 0 bridgehead atoms. The largest absolute Gasteiger partial charge is 0.305 e. The van der Waals surface area contributed by atoms with Crippen molar-refractivity contribution in [2.24, 2.45) is 5.92 Å². The fourth-order valence-corrected chi connectivity index (χ4v) is 3.08. The summed E-state index contributed by atoms with van der Waals surface area (Å²) in [5, 5.41) is 5.62. The molecule has 1 aromatic heterocycles. The molecule has 0 spiro atoms. The lowest BCUT2D eigenvalue weighted by Gasteiger charge is -2.21. The first-order valence-electron chi connectivity index (χ1n) is 6.59. The second-order valence-corrected chi connectivity index (χ2v) is 6.18. The molecule has 1 aromatic carbocycles. The highest BCUT2D eigenvalue weighted by atomic mass is 32.1. The summed E-state index contributed by atoms with van der Waals surface area (Å²) < 4.78 is 13.5. The number of thiophene rings is 1. The summed E-state index contributed by atoms with van der Waals surface area (Å²) in [5.41, 5.74) is 1.69. The molecule has 102 valence electrons. The monoisotopic (exact) mass is 277 g/mol. The van der Waals surface area contributed by atoms with E-state index in [4.69, 9.17) is 0 Å². The lowest BCUT2D eigenvalue weighted by molar-refractivity contribution is 0.416. The lowest BCUT2D eigenvalue weighted by Crippen LogP contribution is -2.24. The van der Waals surface area contributed by atoms with Gasteiger partial charge in [0.05, 0.1) is 0 Å². The van der Waals surface area contributed by atoms with Gasteiger partial charge >= 0.3 is 0 Å². The van der Waals surface area contributed by atoms with Crippen LogP contribution >= 0.6 is 11.3 Å². The van der Waals surface area contributed by atoms with E-state index in [9.17, 15) is 4.39 Å². The van der Waals surface area contributed by atoms with Crippen molar-refractivity contribution >= 4 is 11.3 Å². The van der Waals surface area contributed by atoms with Crippen LogP contribution in [-0.4, -0.2) is 0 Å². The molecule has 2 rings (SSSR count). The third-order valence-corrected chi connectivity index (χ3v) is 4.23. The van der Waals surface area contributed by atoms with E-state index < -0.39 is 0 Å². The zero-order valence-corrected chi connectivity index (χ0v) is 12.4. The molecule has 0 radical (unpaired) electrons. The fourth-order valence-electron chi connectivity index (χ4n) is 2.11. The van der Waals surface area contributed by atoms with Crippen molar-refractivity contribution in [3.8, 4) is 0 Å². The molecule has 1 nitrogen and oxygen atoms in total. The molecule has 0 amide bonds. The number of aryl methyl sites for hydroxylation is 1. The molecule has 1 heterocycles. The summed E-state index contributed by atoms with van der Waals surface area (Å²) in [6, 6.07) is 9.98. The molecular formula is C16H20FNS. The van der Waals surface area contributed by atoms with Crippen molar-refractivity contribution in [2.75, 3.05) is 0 Å². The quantitative estimate of drug-likeness (QED) is 0.836. The average Bonchev–Trinajstić information content (AvgIpc) is 2.87. The second kappa shape index (κ2) is 6.31. The summed E-state index contributed by atoms with van der Waals surface area (Å²) in [6.45, 7) is 6.88. The molecule has 1 unspecified atom stereocenters. The standard InChI is InChI=1S/C16H20FNS/c1-11(2)16(15-5-4-8-19-15)18-10-13-7-6-12(3)14(17)9-13/h4-9,11,16,18H,10H2,1-3H3. The van der Waals surface area contributed by atoms with Crippen molar-refractivity contribution < 1.29 is 4.39 Å². The Morgan fingerprint density at radius 3 is 2.63 bits per heavy atom. The van der Waals surface area contributed by atoms with Gasteiger partial charge in [-0.05, 0) is 41.5 Å². The van der Waals surface area contributed by atoms with Gasteiger partial charge < -0.3 is 5.32 Å². The van der Waals surface area contributed by atoms with Gasteiger partial charge in [0.25, 0.3) is 0 Å². The molecule has 0 fully saturated rings. The van der Waals surface area contributed by atoms with Crippen LogP contribution in [0.5, 0.6) is 0 Å². The van der Waals surface area contributed by atoms with E-state index in [1.807, 2.05) is 12.1 Å². The van der Waals surface area contributed by atoms with Gasteiger partial charge in [-0.1, -0.05) is 32.0 Å². The molecule has 3 heteroatoms. The van der Waals surface area contributed by atoms with Crippen LogP contribution in [0.2, 0.25) is 0 Å². The number of halogens is 1. The lowest BCUT2D eigenvalue weighted by atomic mass is 10.0. The molecule has 1 N–H and O–H groups in total. The Balaban J connectivity index is 2.05. The van der Waals surface area contributed by atoms with Crippen LogP contribution in [0, 0.1) is 18.7 Å². The Kier molecular flexibility index (Phi) is 4.72. The van der Waals surface area contributed by atoms with Crippen LogP contribution in [0.25, 0.3) is 0 Å². The summed E-state index contributed by atoms with van der Waals surface area (Å²) in [7, 11) is 0. The maximum atomic E-state index is 13.5. The molecule has 0 aliphatic carbocycles. The third-order valence-electron chi connectivity index (χ3n) is 3.28. The number of hydrogen-bond acceptors (Lipinski definition) is 2. The molecular weight excluding hydrogens is 257 g/mol. The number of nitrogens with one attached hydrogen (secondary N) is 1. The molecule has 2 aromatic rings. The van der Waals surface area contributed by atoms with Gasteiger partial charge in [0.15, 0.2) is 0 Å². The molecule has 0 saturated carbocycles. The van der Waals surface area contributed by atoms with Crippen molar-refractivity contribution in [3.63, 3.8) is 0 Å². The Morgan fingerprint density at radius 1 is 1.26 bits per heavy atom. The third kappa shape index (κ3) is 3.64. The van der Waals surface area contributed by atoms with Gasteiger partial charge in [0, 0.05) is 17.5 Å². The summed E-state index contributed by atoms with van der Waals surface area (Å²) in [6.07, 6.45) is 0. The number of hydrogen-bond donors (Lipinski definition) is 1. The van der Waals surface area contributed by atoms with Crippen LogP contribution in [0.4, 0.5) is 4.39 Å². The predicted molar refractivity (Wildman–Crippen MR) is 79.9 cm³/mol. The first kappa shape index (κ1) is 14.2. The maximum absolute atomic E-state index is 13.5. The van der Waals surface area contributed by atoms with E-state index in [0.717, 1.165) is 5.56 Å². The highest BCUT2D eigenvalue weighted by molar-refractivity contribution is 7.10. The molecule has 1 atom stereocenters. The minimum absolute atomic E-state index is 0.128. The van der Waals surface area contributed by atoms with E-state index in [-0.39, 0.29) is 5.82 Å². The highest BCUT2D eigenvalue weighted by Crippen LogP contribution is 2.26. The van der Waals surface area contributed by atoms with Gasteiger partial charge in [-0.2, -0.15) is 0 Å². The van der Waals surface area contributed by atoms with Crippen LogP contribution in [-0.2, 0) is 6.54 Å². The fraction of sp³-hybridized carbons (Fsp3) is 0.375. The SMILES string of the molecule is Cc1ccc(CNC(c2cccs2)C(C)C)cc1F. The molecule has 0 aliphatic heterocycles. The van der Waals surface area contributed by atoms with Gasteiger partial charge in [-0.15, -0.1) is 11.3 Å². The average molecular weight is 277 g/mol. The Labute approximate surface area is 118 Å². The maximum Gasteiger partial charge on any atom is 0.126 e. The van der Waals surface area contributed by atoms with E-state index in [1.165, 1.54) is 4.88 Å². The molecule has 0 aliphatic rings. The zero-order valence-electron chi connectivity index (χ0n) is 11.6. The summed E-state index contributed by atoms with van der Waals surface area (Å²) in [4.78, 5) is 1.34. The van der Waals surface area contributed by atoms with Gasteiger partial charge in [0.2, 0.25) is 0 Å². The summed E-state index contributed by atoms with van der Waals surface area (Å²) in [5.74, 6) is 0.380. The van der Waals surface area contributed by atoms with E-state index in [1.54, 1.807) is 24.3 Å². The minimum atomic E-state index is -0.128. The van der Waals surface area contributed by atoms with Gasteiger partial charge in [-0.25, -0.2) is 4.39 Å². The predicted octanol–water partition coefficient (Wildman–Crippen LogP) is 4.68. The van der Waals surface area contributed by atoms with Crippen LogP contribution in [0.15, 0.2) is 35.7 Å². The van der Waals surface area contributed by atoms with Gasteiger partial charge in [0.1, 0.15) is 5.82 Å². The first-order chi connectivity index (χ1) is 9.08. The van der Waals surface area contributed by atoms with Crippen molar-refractivity contribution in [1.29, 1.82) is 0 Å². The van der Waals surface area contributed by atoms with Crippen molar-refractivity contribution in [2.45, 2.75) is 33.4 Å². The van der Waals surface area contributed by atoms with Crippen molar-refractivity contribution in [3.05, 3.63) is 57.5 Å². The second-order valence-electron chi connectivity index (χ2n) is 5.20. The smallest absolute Gasteiger partial charge is 0.126 e. The van der Waals surface area contributed by atoms with Crippen LogP contribution in [0.3, 0.4) is 0 Å². The topological polar surface area (TPSA) is 12.0 Å². The van der Waals surface area contributed by atoms with E-state index in [0.29, 0.717) is 24.1 Å². The van der Waals surface area contributed by atoms with Crippen LogP contribution < -0.4 is 5.32 Å². The normalized spacial score (nSPS) is 12.9. The molecule has 19 heavy (non-hydrogen) atoms. The van der Waals surface area contributed by atoms with Gasteiger partial charge in [-0.3, -0.25) is 0 Å². The Morgan fingerprint density at radius 2 is 2.05 bits per heavy atom. The summed E-state index contributed by atoms with van der Waals surface area (Å²) >= 11 is 1.76. The first-order valence-corrected chi connectivity index (χ1v) is 7.47. The zero-order chi connectivity index (χ0) is 13.8. The molecule has 0 saturated heterocycles. The number of rotatable bonds is 5. The Hall–Kier alpha value is -1.19. The van der Waals surface area contributed by atoms with Crippen LogP contribution in [0.1, 0.15) is 35.9 Å². The van der Waals surface area contributed by atoms with E-state index in [2.05, 4.69) is 36.7 Å². The van der Waals surface area contributed by atoms with Crippen molar-refractivity contribution in [1.82, 2.24) is 5.32 Å². The highest BCUT2D eigenvalue weighted by Gasteiger charge is 2.16. The number of benzene rings is 1. The Bertz CT molecular complexity index is 520.